The number of nitrogens with two attached hydrogens (primary N) is 1. The first kappa shape index (κ1) is 11.8. The Hall–Kier alpha value is -1.22. The van der Waals surface area contributed by atoms with Crippen LogP contribution in [-0.4, -0.2) is 18.8 Å². The molecule has 3 heteroatoms. The highest BCUT2D eigenvalue weighted by atomic mass is 16.6. The van der Waals surface area contributed by atoms with Gasteiger partial charge in [-0.15, -0.1) is 0 Å². The second-order valence-electron chi connectivity index (χ2n) is 5.58. The standard InChI is InChI=1S/C15H21NO2/c16-15(6-2-1-3-7-15)11-12-4-5-13-14(10-12)18-9-8-17-13/h4-5,10H,1-3,6-9,11,16H2. The number of benzene rings is 1. The van der Waals surface area contributed by atoms with Gasteiger partial charge in [0.25, 0.3) is 0 Å². The third-order valence-electron chi connectivity index (χ3n) is 4.01. The molecule has 98 valence electrons. The van der Waals surface area contributed by atoms with E-state index in [4.69, 9.17) is 15.2 Å². The molecular formula is C15H21NO2. The smallest absolute Gasteiger partial charge is 0.161 e. The Morgan fingerprint density at radius 3 is 2.50 bits per heavy atom. The minimum absolute atomic E-state index is 0.0119. The van der Waals surface area contributed by atoms with Gasteiger partial charge in [0.1, 0.15) is 13.2 Å². The van der Waals surface area contributed by atoms with Crippen molar-refractivity contribution in [1.82, 2.24) is 0 Å². The fourth-order valence-electron chi connectivity index (χ4n) is 3.04. The molecule has 0 saturated heterocycles. The van der Waals surface area contributed by atoms with Gasteiger partial charge in [-0.1, -0.05) is 25.3 Å². The second-order valence-corrected chi connectivity index (χ2v) is 5.58. The molecule has 2 N–H and O–H groups in total. The van der Waals surface area contributed by atoms with Gasteiger partial charge in [0.05, 0.1) is 0 Å². The number of hydrogen-bond acceptors (Lipinski definition) is 3. The summed E-state index contributed by atoms with van der Waals surface area (Å²) >= 11 is 0. The molecule has 18 heavy (non-hydrogen) atoms. The summed E-state index contributed by atoms with van der Waals surface area (Å²) in [7, 11) is 0. The third kappa shape index (κ3) is 2.46. The first-order chi connectivity index (χ1) is 8.75. The van der Waals surface area contributed by atoms with Crippen molar-refractivity contribution >= 4 is 0 Å². The van der Waals surface area contributed by atoms with E-state index in [1.54, 1.807) is 0 Å². The molecule has 2 aliphatic rings. The van der Waals surface area contributed by atoms with Crippen molar-refractivity contribution in [2.45, 2.75) is 44.1 Å². The van der Waals surface area contributed by atoms with Crippen LogP contribution in [0.25, 0.3) is 0 Å². The zero-order valence-electron chi connectivity index (χ0n) is 10.8. The molecule has 0 bridgehead atoms. The topological polar surface area (TPSA) is 44.5 Å². The van der Waals surface area contributed by atoms with Gasteiger partial charge in [-0.2, -0.15) is 0 Å². The van der Waals surface area contributed by atoms with E-state index < -0.39 is 0 Å². The molecule has 0 amide bonds. The van der Waals surface area contributed by atoms with Gasteiger partial charge in [-0.25, -0.2) is 0 Å². The lowest BCUT2D eigenvalue weighted by Crippen LogP contribution is -2.43. The Kier molecular flexibility index (Phi) is 3.16. The van der Waals surface area contributed by atoms with Crippen LogP contribution in [-0.2, 0) is 6.42 Å². The van der Waals surface area contributed by atoms with Gasteiger partial charge >= 0.3 is 0 Å². The lowest BCUT2D eigenvalue weighted by atomic mass is 9.78. The van der Waals surface area contributed by atoms with Crippen molar-refractivity contribution < 1.29 is 9.47 Å². The maximum Gasteiger partial charge on any atom is 0.161 e. The molecular weight excluding hydrogens is 226 g/mol. The van der Waals surface area contributed by atoms with E-state index in [1.165, 1.54) is 24.8 Å². The van der Waals surface area contributed by atoms with Crippen molar-refractivity contribution in [2.24, 2.45) is 5.73 Å². The molecule has 0 unspecified atom stereocenters. The van der Waals surface area contributed by atoms with Gasteiger partial charge in [0.15, 0.2) is 11.5 Å². The van der Waals surface area contributed by atoms with Crippen LogP contribution in [0.2, 0.25) is 0 Å². The van der Waals surface area contributed by atoms with E-state index >= 15 is 0 Å². The van der Waals surface area contributed by atoms with Gasteiger partial charge in [0, 0.05) is 5.54 Å². The van der Waals surface area contributed by atoms with Crippen molar-refractivity contribution in [2.75, 3.05) is 13.2 Å². The van der Waals surface area contributed by atoms with Crippen LogP contribution in [0.15, 0.2) is 18.2 Å². The number of hydrogen-bond donors (Lipinski definition) is 1. The van der Waals surface area contributed by atoms with Gasteiger partial charge in [-0.3, -0.25) is 0 Å². The zero-order chi connectivity index (χ0) is 12.4. The van der Waals surface area contributed by atoms with Crippen LogP contribution in [0.1, 0.15) is 37.7 Å². The predicted octanol–water partition coefficient (Wildman–Crippen LogP) is 2.66. The monoisotopic (exact) mass is 247 g/mol. The largest absolute Gasteiger partial charge is 0.486 e. The van der Waals surface area contributed by atoms with Gasteiger partial charge in [0.2, 0.25) is 0 Å². The fourth-order valence-corrected chi connectivity index (χ4v) is 3.04. The molecule has 1 aliphatic carbocycles. The molecule has 1 aromatic rings. The van der Waals surface area contributed by atoms with Crippen molar-refractivity contribution in [3.8, 4) is 11.5 Å². The molecule has 0 spiro atoms. The molecule has 3 nitrogen and oxygen atoms in total. The van der Waals surface area contributed by atoms with Crippen LogP contribution < -0.4 is 15.2 Å². The van der Waals surface area contributed by atoms with Crippen LogP contribution >= 0.6 is 0 Å². The molecule has 3 rings (SSSR count). The molecule has 1 saturated carbocycles. The zero-order valence-corrected chi connectivity index (χ0v) is 10.8. The Bertz CT molecular complexity index is 425. The fraction of sp³-hybridized carbons (Fsp3) is 0.600. The molecule has 1 heterocycles. The molecule has 1 aliphatic heterocycles. The lowest BCUT2D eigenvalue weighted by molar-refractivity contribution is 0.171. The van der Waals surface area contributed by atoms with Crippen molar-refractivity contribution in [3.63, 3.8) is 0 Å². The summed E-state index contributed by atoms with van der Waals surface area (Å²) in [5.41, 5.74) is 7.75. The second kappa shape index (κ2) is 4.81. The van der Waals surface area contributed by atoms with E-state index in [9.17, 15) is 0 Å². The number of fused-ring (bicyclic) bond motifs is 1. The Morgan fingerprint density at radius 1 is 1.00 bits per heavy atom. The summed E-state index contributed by atoms with van der Waals surface area (Å²) in [5.74, 6) is 1.73. The maximum atomic E-state index is 6.50. The van der Waals surface area contributed by atoms with E-state index in [0.29, 0.717) is 13.2 Å². The molecule has 0 aromatic heterocycles. The van der Waals surface area contributed by atoms with E-state index in [2.05, 4.69) is 12.1 Å². The number of ether oxygens (including phenoxy) is 2. The summed E-state index contributed by atoms with van der Waals surface area (Å²) in [4.78, 5) is 0. The highest BCUT2D eigenvalue weighted by Gasteiger charge is 2.28. The first-order valence-corrected chi connectivity index (χ1v) is 6.93. The summed E-state index contributed by atoms with van der Waals surface area (Å²) in [6.45, 7) is 1.29. The van der Waals surface area contributed by atoms with Crippen molar-refractivity contribution in [3.05, 3.63) is 23.8 Å². The summed E-state index contributed by atoms with van der Waals surface area (Å²) in [6, 6.07) is 6.23. The van der Waals surface area contributed by atoms with E-state index in [1.807, 2.05) is 6.07 Å². The van der Waals surface area contributed by atoms with Gasteiger partial charge < -0.3 is 15.2 Å². The average molecular weight is 247 g/mol. The molecule has 1 aromatic carbocycles. The summed E-state index contributed by atoms with van der Waals surface area (Å²) < 4.78 is 11.2. The quantitative estimate of drug-likeness (QED) is 0.873. The van der Waals surface area contributed by atoms with Crippen LogP contribution in [0, 0.1) is 0 Å². The minimum Gasteiger partial charge on any atom is -0.486 e. The Morgan fingerprint density at radius 2 is 1.72 bits per heavy atom. The summed E-state index contributed by atoms with van der Waals surface area (Å²) in [5, 5.41) is 0. The Labute approximate surface area is 108 Å². The Balaban J connectivity index is 1.76. The van der Waals surface area contributed by atoms with Crippen molar-refractivity contribution in [1.29, 1.82) is 0 Å². The van der Waals surface area contributed by atoms with Crippen LogP contribution in [0.5, 0.6) is 11.5 Å². The third-order valence-corrected chi connectivity index (χ3v) is 4.01. The van der Waals surface area contributed by atoms with Gasteiger partial charge in [-0.05, 0) is 37.0 Å². The first-order valence-electron chi connectivity index (χ1n) is 6.93. The summed E-state index contributed by atoms with van der Waals surface area (Å²) in [6.07, 6.45) is 7.09. The molecule has 0 atom stereocenters. The van der Waals surface area contributed by atoms with Crippen LogP contribution in [0.4, 0.5) is 0 Å². The SMILES string of the molecule is NC1(Cc2ccc3c(c2)OCCO3)CCCCC1. The highest BCUT2D eigenvalue weighted by Crippen LogP contribution is 2.34. The van der Waals surface area contributed by atoms with E-state index in [-0.39, 0.29) is 5.54 Å². The molecule has 1 fully saturated rings. The lowest BCUT2D eigenvalue weighted by Gasteiger charge is -2.33. The molecule has 0 radical (unpaired) electrons. The minimum atomic E-state index is -0.0119. The number of rotatable bonds is 2. The predicted molar refractivity (Wildman–Crippen MR) is 71.1 cm³/mol. The van der Waals surface area contributed by atoms with E-state index in [0.717, 1.165) is 30.8 Å². The van der Waals surface area contributed by atoms with Crippen LogP contribution in [0.3, 0.4) is 0 Å². The normalized spacial score (nSPS) is 21.6. The average Bonchev–Trinajstić information content (AvgIpc) is 2.39. The highest BCUT2D eigenvalue weighted by molar-refractivity contribution is 5.44. The maximum absolute atomic E-state index is 6.50.